The zero-order valence-electron chi connectivity index (χ0n) is 10.7. The van der Waals surface area contributed by atoms with E-state index in [2.05, 4.69) is 41.3 Å². The third-order valence-corrected chi connectivity index (χ3v) is 3.54. The van der Waals surface area contributed by atoms with Crippen molar-refractivity contribution in [1.29, 1.82) is 0 Å². The fraction of sp³-hybridized carbons (Fsp3) is 0.615. The molecule has 0 saturated carbocycles. The summed E-state index contributed by atoms with van der Waals surface area (Å²) in [5.74, 6) is 0.101. The van der Waals surface area contributed by atoms with Crippen molar-refractivity contribution in [3.63, 3.8) is 0 Å². The Labute approximate surface area is 108 Å². The van der Waals surface area contributed by atoms with Crippen LogP contribution in [0.4, 0.5) is 0 Å². The standard InChI is InChI=1S/C13H22N2OS/c1-3-12(4-2)15-13(16)9-14-7-5-11-6-8-17-10-11/h6,8,10,12,14H,3-5,7,9H2,1-2H3,(H,15,16). The molecule has 96 valence electrons. The van der Waals surface area contributed by atoms with Gasteiger partial charge in [0.2, 0.25) is 5.91 Å². The smallest absolute Gasteiger partial charge is 0.234 e. The van der Waals surface area contributed by atoms with E-state index in [9.17, 15) is 4.79 Å². The molecule has 0 aliphatic rings. The van der Waals surface area contributed by atoms with Gasteiger partial charge in [0.1, 0.15) is 0 Å². The van der Waals surface area contributed by atoms with Crippen molar-refractivity contribution in [2.45, 2.75) is 39.2 Å². The van der Waals surface area contributed by atoms with Gasteiger partial charge in [-0.3, -0.25) is 4.79 Å². The zero-order chi connectivity index (χ0) is 12.5. The summed E-state index contributed by atoms with van der Waals surface area (Å²) >= 11 is 1.71. The predicted octanol–water partition coefficient (Wildman–Crippen LogP) is 2.18. The van der Waals surface area contributed by atoms with Gasteiger partial charge in [0.15, 0.2) is 0 Å². The topological polar surface area (TPSA) is 41.1 Å². The molecule has 0 aliphatic carbocycles. The van der Waals surface area contributed by atoms with Crippen molar-refractivity contribution >= 4 is 17.2 Å². The van der Waals surface area contributed by atoms with E-state index in [1.165, 1.54) is 5.56 Å². The van der Waals surface area contributed by atoms with E-state index in [0.29, 0.717) is 12.6 Å². The molecule has 0 spiro atoms. The molecule has 1 aromatic rings. The van der Waals surface area contributed by atoms with Gasteiger partial charge in [-0.1, -0.05) is 13.8 Å². The minimum Gasteiger partial charge on any atom is -0.352 e. The van der Waals surface area contributed by atoms with E-state index in [4.69, 9.17) is 0 Å². The number of rotatable bonds is 8. The summed E-state index contributed by atoms with van der Waals surface area (Å²) in [6.07, 6.45) is 2.98. The molecule has 0 atom stereocenters. The lowest BCUT2D eigenvalue weighted by molar-refractivity contribution is -0.121. The Balaban J connectivity index is 2.07. The predicted molar refractivity (Wildman–Crippen MR) is 73.4 cm³/mol. The highest BCUT2D eigenvalue weighted by molar-refractivity contribution is 7.07. The van der Waals surface area contributed by atoms with Crippen LogP contribution >= 0.6 is 11.3 Å². The first-order valence-corrected chi connectivity index (χ1v) is 7.21. The van der Waals surface area contributed by atoms with Crippen molar-refractivity contribution in [1.82, 2.24) is 10.6 Å². The van der Waals surface area contributed by atoms with E-state index >= 15 is 0 Å². The second kappa shape index (κ2) is 8.25. The fourth-order valence-electron chi connectivity index (χ4n) is 1.64. The lowest BCUT2D eigenvalue weighted by atomic mass is 10.2. The fourth-order valence-corrected chi connectivity index (χ4v) is 2.34. The molecule has 0 fully saturated rings. The molecule has 2 N–H and O–H groups in total. The highest BCUT2D eigenvalue weighted by Gasteiger charge is 2.07. The van der Waals surface area contributed by atoms with Crippen LogP contribution in [0, 0.1) is 0 Å². The molecule has 1 heterocycles. The minimum atomic E-state index is 0.101. The summed E-state index contributed by atoms with van der Waals surface area (Å²) in [6.45, 7) is 5.46. The SMILES string of the molecule is CCC(CC)NC(=O)CNCCc1ccsc1. The summed E-state index contributed by atoms with van der Waals surface area (Å²) in [7, 11) is 0. The molecule has 0 saturated heterocycles. The molecular weight excluding hydrogens is 232 g/mol. The molecule has 17 heavy (non-hydrogen) atoms. The molecule has 4 heteroatoms. The molecule has 1 aromatic heterocycles. The number of hydrogen-bond acceptors (Lipinski definition) is 3. The summed E-state index contributed by atoms with van der Waals surface area (Å²) < 4.78 is 0. The summed E-state index contributed by atoms with van der Waals surface area (Å²) in [4.78, 5) is 11.6. The van der Waals surface area contributed by atoms with Gasteiger partial charge in [-0.25, -0.2) is 0 Å². The van der Waals surface area contributed by atoms with Gasteiger partial charge < -0.3 is 10.6 Å². The molecule has 3 nitrogen and oxygen atoms in total. The van der Waals surface area contributed by atoms with Crippen molar-refractivity contribution in [2.75, 3.05) is 13.1 Å². The Morgan fingerprint density at radius 1 is 1.41 bits per heavy atom. The highest BCUT2D eigenvalue weighted by atomic mass is 32.1. The number of nitrogens with one attached hydrogen (secondary N) is 2. The first kappa shape index (κ1) is 14.2. The normalized spacial score (nSPS) is 10.8. The highest BCUT2D eigenvalue weighted by Crippen LogP contribution is 2.05. The van der Waals surface area contributed by atoms with Crippen LogP contribution < -0.4 is 10.6 Å². The number of carbonyl (C=O) groups excluding carboxylic acids is 1. The average molecular weight is 254 g/mol. The number of hydrogen-bond donors (Lipinski definition) is 2. The first-order valence-electron chi connectivity index (χ1n) is 6.27. The second-order valence-corrected chi connectivity index (χ2v) is 4.92. The molecule has 1 rings (SSSR count). The molecule has 0 unspecified atom stereocenters. The second-order valence-electron chi connectivity index (χ2n) is 4.14. The van der Waals surface area contributed by atoms with Crippen molar-refractivity contribution < 1.29 is 4.79 Å². The number of carbonyl (C=O) groups is 1. The number of amides is 1. The summed E-state index contributed by atoms with van der Waals surface area (Å²) in [6, 6.07) is 2.44. The lowest BCUT2D eigenvalue weighted by Crippen LogP contribution is -2.40. The van der Waals surface area contributed by atoms with Crippen molar-refractivity contribution in [3.05, 3.63) is 22.4 Å². The van der Waals surface area contributed by atoms with Gasteiger partial charge in [-0.15, -0.1) is 0 Å². The van der Waals surface area contributed by atoms with Crippen LogP contribution in [0.5, 0.6) is 0 Å². The van der Waals surface area contributed by atoms with E-state index < -0.39 is 0 Å². The molecule has 1 amide bonds. The Hall–Kier alpha value is -0.870. The zero-order valence-corrected chi connectivity index (χ0v) is 11.5. The largest absolute Gasteiger partial charge is 0.352 e. The monoisotopic (exact) mass is 254 g/mol. The van der Waals surface area contributed by atoms with Crippen LogP contribution in [0.25, 0.3) is 0 Å². The number of thiophene rings is 1. The van der Waals surface area contributed by atoms with Gasteiger partial charge in [0.25, 0.3) is 0 Å². The van der Waals surface area contributed by atoms with Gasteiger partial charge in [0, 0.05) is 6.04 Å². The van der Waals surface area contributed by atoms with Gasteiger partial charge in [-0.2, -0.15) is 11.3 Å². The van der Waals surface area contributed by atoms with E-state index in [0.717, 1.165) is 25.8 Å². The van der Waals surface area contributed by atoms with Crippen LogP contribution in [0.1, 0.15) is 32.3 Å². The molecule has 0 bridgehead atoms. The Morgan fingerprint density at radius 3 is 2.76 bits per heavy atom. The van der Waals surface area contributed by atoms with E-state index in [1.54, 1.807) is 11.3 Å². The molecular formula is C13H22N2OS. The quantitative estimate of drug-likeness (QED) is 0.698. The van der Waals surface area contributed by atoms with Gasteiger partial charge in [0.05, 0.1) is 6.54 Å². The summed E-state index contributed by atoms with van der Waals surface area (Å²) in [5, 5.41) is 10.4. The lowest BCUT2D eigenvalue weighted by Gasteiger charge is -2.14. The third kappa shape index (κ3) is 5.84. The maximum Gasteiger partial charge on any atom is 0.234 e. The van der Waals surface area contributed by atoms with Crippen molar-refractivity contribution in [2.24, 2.45) is 0 Å². The maximum atomic E-state index is 11.6. The van der Waals surface area contributed by atoms with Crippen LogP contribution in [0.15, 0.2) is 16.8 Å². The summed E-state index contributed by atoms with van der Waals surface area (Å²) in [5.41, 5.74) is 1.34. The van der Waals surface area contributed by atoms with Crippen LogP contribution in [0.2, 0.25) is 0 Å². The van der Waals surface area contributed by atoms with Crippen LogP contribution in [-0.4, -0.2) is 25.0 Å². The molecule has 0 aromatic carbocycles. The molecule has 0 radical (unpaired) electrons. The van der Waals surface area contributed by atoms with Crippen LogP contribution in [-0.2, 0) is 11.2 Å². The average Bonchev–Trinajstić information content (AvgIpc) is 2.84. The maximum absolute atomic E-state index is 11.6. The van der Waals surface area contributed by atoms with Gasteiger partial charge in [-0.05, 0) is 48.2 Å². The Morgan fingerprint density at radius 2 is 2.18 bits per heavy atom. The van der Waals surface area contributed by atoms with Gasteiger partial charge >= 0.3 is 0 Å². The van der Waals surface area contributed by atoms with E-state index in [1.807, 2.05) is 0 Å². The first-order chi connectivity index (χ1) is 8.26. The van der Waals surface area contributed by atoms with Crippen LogP contribution in [0.3, 0.4) is 0 Å². The minimum absolute atomic E-state index is 0.101. The van der Waals surface area contributed by atoms with Crippen molar-refractivity contribution in [3.8, 4) is 0 Å². The molecule has 0 aliphatic heterocycles. The third-order valence-electron chi connectivity index (χ3n) is 2.81. The Kier molecular flexibility index (Phi) is 6.89. The Bertz CT molecular complexity index is 307. The van der Waals surface area contributed by atoms with E-state index in [-0.39, 0.29) is 5.91 Å².